The summed E-state index contributed by atoms with van der Waals surface area (Å²) in [6.07, 6.45) is 1.69. The highest BCUT2D eigenvalue weighted by atomic mass is 79.9. The number of anilines is 3. The number of carbonyl (C=O) groups excluding carboxylic acids is 7. The molecule has 27 heteroatoms. The highest BCUT2D eigenvalue weighted by molar-refractivity contribution is 9.11. The molecule has 10 aromatic rings. The van der Waals surface area contributed by atoms with E-state index >= 15 is 0 Å². The van der Waals surface area contributed by atoms with E-state index in [1.807, 2.05) is 176 Å². The molecule has 3 aliphatic heterocycles. The van der Waals surface area contributed by atoms with Gasteiger partial charge in [-0.3, -0.25) is 64.0 Å². The number of nitrogen functional groups attached to an aromatic ring is 3. The van der Waals surface area contributed by atoms with Crippen LogP contribution in [-0.4, -0.2) is 74.1 Å². The molecule has 109 heavy (non-hydrogen) atoms. The van der Waals surface area contributed by atoms with E-state index in [-0.39, 0.29) is 85.1 Å². The highest BCUT2D eigenvalue weighted by Crippen LogP contribution is 2.33. The third kappa shape index (κ3) is 27.5. The second kappa shape index (κ2) is 41.7. The van der Waals surface area contributed by atoms with Crippen LogP contribution in [0, 0.1) is 20.2 Å². The van der Waals surface area contributed by atoms with Crippen molar-refractivity contribution >= 4 is 178 Å². The van der Waals surface area contributed by atoms with Crippen LogP contribution in [0.15, 0.2) is 263 Å². The number of halogens is 5. The zero-order chi connectivity index (χ0) is 78.5. The van der Waals surface area contributed by atoms with Crippen LogP contribution in [0.3, 0.4) is 0 Å². The number of hydrogen-bond acceptors (Lipinski definition) is 20. The fraction of sp³-hybridized carbons (Fsp3) is 0.146. The molecule has 6 N–H and O–H groups in total. The van der Waals surface area contributed by atoms with Crippen molar-refractivity contribution in [1.82, 2.24) is 0 Å². The molecule has 0 spiro atoms. The Hall–Kier alpha value is -11.3. The molecule has 0 saturated carbocycles. The fourth-order valence-corrected chi connectivity index (χ4v) is 12.3. The lowest BCUT2D eigenvalue weighted by molar-refractivity contribution is -0.385. The van der Waals surface area contributed by atoms with E-state index < -0.39 is 21.2 Å². The minimum atomic E-state index is -0.770. The zero-order valence-electron chi connectivity index (χ0n) is 58.3. The number of ether oxygens (including phenoxy) is 3. The van der Waals surface area contributed by atoms with E-state index in [4.69, 9.17) is 43.3 Å². The quantitative estimate of drug-likeness (QED) is 0.0125. The molecule has 0 fully saturated rings. The monoisotopic (exact) mass is 1740 g/mol. The van der Waals surface area contributed by atoms with Gasteiger partial charge in [0, 0.05) is 104 Å². The van der Waals surface area contributed by atoms with Crippen molar-refractivity contribution in [3.8, 4) is 0 Å². The molecule has 0 amide bonds. The van der Waals surface area contributed by atoms with Gasteiger partial charge in [-0.05, 0) is 142 Å². The van der Waals surface area contributed by atoms with E-state index in [9.17, 15) is 53.8 Å². The van der Waals surface area contributed by atoms with Gasteiger partial charge in [-0.2, -0.15) is 0 Å². The number of non-ortho nitro benzene ring substituents is 2. The van der Waals surface area contributed by atoms with Crippen LogP contribution < -0.4 is 17.2 Å². The van der Waals surface area contributed by atoms with Crippen LogP contribution >= 0.6 is 75.3 Å². The predicted octanol–water partition coefficient (Wildman–Crippen LogP) is 18.9. The number of nitrogens with two attached hydrogens (primary N) is 3. The zero-order valence-corrected chi connectivity index (χ0v) is 65.4. The van der Waals surface area contributed by atoms with Gasteiger partial charge in [0.05, 0.1) is 68.4 Å². The number of nitrogens with zero attached hydrogens (tertiary/aromatic N) is 5. The number of benzene rings is 10. The number of rotatable bonds is 15. The molecule has 0 unspecified atom stereocenters. The van der Waals surface area contributed by atoms with Crippen LogP contribution in [0.25, 0.3) is 0 Å². The van der Waals surface area contributed by atoms with Crippen molar-refractivity contribution < 1.29 is 57.6 Å². The molecular weight excluding hydrogens is 1680 g/mol. The summed E-state index contributed by atoms with van der Waals surface area (Å²) in [5.74, 6) is -0.739. The number of nitro benzene ring substituents is 2. The van der Waals surface area contributed by atoms with Crippen molar-refractivity contribution in [2.24, 2.45) is 15.0 Å². The fourth-order valence-electron chi connectivity index (χ4n) is 10.7. The first kappa shape index (κ1) is 83.3. The van der Waals surface area contributed by atoms with E-state index in [0.717, 1.165) is 85.2 Å². The lowest BCUT2D eigenvalue weighted by Crippen LogP contribution is -2.11. The number of carbonyl (C=O) groups is 7. The standard InChI is InChI=1S/C25H20BrNO3.C16H11BrN2O3.C16H13BrN2O.C11H11BrO3.C8H7ClO2.C6H7N3O2/c26-21-8-4-7-19(13-21)24-15-22(28)14-20-11-18(9-10-23(20)27-24)12-25(29)30-16-17-5-2-1-3-6-17;17-12-3-1-2-10(6-12)16-9-14(20)8-11-7-13(19(21)22)4-5-15(11)18-16;17-12-3-1-2-10(6-12)16-9-14(20)8-11-7-13(18)4-5-15(11)19-16;1-2-15-11(14)7-10(13)8-4-3-5-9(12)6-8;9-8(10)11-6-7-4-2-1-3-5-7;7-5-2-1-4(9(10)11)3-6(5)8/h1-11,13H,12,14-16H2;1-7H,8-9H2;1-7H,8-9,18H2;3-6H,2,7H2,1H3;1-5H,6H2;1-3H,7-8H2. The number of Topliss-reactive ketones (excluding diaryl/α,β-unsaturated/α-hetero) is 4. The Bertz CT molecular complexity index is 5120. The molecule has 0 aromatic heterocycles. The third-order valence-electron chi connectivity index (χ3n) is 15.8. The van der Waals surface area contributed by atoms with Gasteiger partial charge in [0.15, 0.2) is 5.78 Å². The van der Waals surface area contributed by atoms with Gasteiger partial charge >= 0.3 is 17.4 Å². The molecule has 22 nitrogen and oxygen atoms in total. The van der Waals surface area contributed by atoms with Gasteiger partial charge in [0.2, 0.25) is 0 Å². The molecule has 0 bridgehead atoms. The number of esters is 2. The number of aliphatic imine (C=N–C) groups is 3. The van der Waals surface area contributed by atoms with Gasteiger partial charge < -0.3 is 31.4 Å². The van der Waals surface area contributed by atoms with Crippen LogP contribution in [0.5, 0.6) is 0 Å². The first-order valence-corrected chi connectivity index (χ1v) is 36.9. The maximum Gasteiger partial charge on any atom is 0.404 e. The Kier molecular flexibility index (Phi) is 31.9. The Morgan fingerprint density at radius 2 is 0.853 bits per heavy atom. The minimum Gasteiger partial charge on any atom is -0.466 e. The predicted molar refractivity (Wildman–Crippen MR) is 435 cm³/mol. The molecule has 0 atom stereocenters. The first-order chi connectivity index (χ1) is 52.2. The summed E-state index contributed by atoms with van der Waals surface area (Å²) in [7, 11) is 0. The van der Waals surface area contributed by atoms with Crippen LogP contribution in [-0.2, 0) is 77.1 Å². The van der Waals surface area contributed by atoms with Crippen molar-refractivity contribution in [3.63, 3.8) is 0 Å². The maximum absolute atomic E-state index is 12.5. The molecule has 0 radical (unpaired) electrons. The van der Waals surface area contributed by atoms with E-state index in [0.29, 0.717) is 66.2 Å². The summed E-state index contributed by atoms with van der Waals surface area (Å²) in [6, 6.07) is 68.7. The van der Waals surface area contributed by atoms with Crippen molar-refractivity contribution in [3.05, 3.63) is 324 Å². The second-order valence-electron chi connectivity index (χ2n) is 24.1. The summed E-state index contributed by atoms with van der Waals surface area (Å²) in [6.45, 7) is 2.50. The topological polar surface area (TPSA) is 349 Å². The molecule has 0 aliphatic carbocycles. The number of hydrogen-bond donors (Lipinski definition) is 3. The Labute approximate surface area is 665 Å². The average molecular weight is 1750 g/mol. The summed E-state index contributed by atoms with van der Waals surface area (Å²) >= 11 is 18.6. The molecule has 556 valence electrons. The second-order valence-corrected chi connectivity index (χ2v) is 28.1. The number of ketones is 4. The lowest BCUT2D eigenvalue weighted by atomic mass is 10.0. The third-order valence-corrected chi connectivity index (χ3v) is 17.9. The SMILES string of the molecule is CCOC(=O)CC(=O)c1cccc(Br)c1.Nc1ccc([N+](=O)[O-])cc1N.Nc1ccc2c(c1)CC(=O)CC(c1cccc(Br)c1)=N2.O=C(Cl)OCc1ccccc1.O=C1CC(c2cccc(Br)c2)=Nc2ccc(CC(=O)OCc3ccccc3)cc2C1.O=C1CC(c2cccc(Br)c2)=Nc2ccc([N+](=O)[O-])cc2C1. The van der Waals surface area contributed by atoms with E-state index in [1.165, 1.54) is 30.3 Å². The number of fused-ring (bicyclic) bond motifs is 3. The van der Waals surface area contributed by atoms with Crippen molar-refractivity contribution in [2.45, 2.75) is 71.5 Å². The maximum atomic E-state index is 12.5. The van der Waals surface area contributed by atoms with Crippen LogP contribution in [0.2, 0.25) is 0 Å². The van der Waals surface area contributed by atoms with Gasteiger partial charge in [-0.1, -0.05) is 185 Å². The smallest absolute Gasteiger partial charge is 0.404 e. The highest BCUT2D eigenvalue weighted by Gasteiger charge is 2.23. The molecular formula is C82H69Br4ClN8O14. The lowest BCUT2D eigenvalue weighted by Gasteiger charge is -2.08. The minimum absolute atomic E-state index is 0.00188. The van der Waals surface area contributed by atoms with Gasteiger partial charge in [-0.25, -0.2) is 4.79 Å². The van der Waals surface area contributed by atoms with E-state index in [1.54, 1.807) is 31.2 Å². The van der Waals surface area contributed by atoms with Crippen LogP contribution in [0.4, 0.5) is 50.3 Å². The molecule has 13 rings (SSSR count). The van der Waals surface area contributed by atoms with E-state index in [2.05, 4.69) is 78.4 Å². The van der Waals surface area contributed by atoms with Gasteiger partial charge in [0.25, 0.3) is 11.4 Å². The molecule has 3 aliphatic rings. The normalized spacial score (nSPS) is 12.3. The first-order valence-electron chi connectivity index (χ1n) is 33.4. The van der Waals surface area contributed by atoms with Crippen molar-refractivity contribution in [1.29, 1.82) is 0 Å². The number of nitro groups is 2. The van der Waals surface area contributed by atoms with Gasteiger partial charge in [0.1, 0.15) is 37.0 Å². The molecule has 10 aromatic carbocycles. The summed E-state index contributed by atoms with van der Waals surface area (Å²) < 4.78 is 18.3. The largest absolute Gasteiger partial charge is 0.466 e. The van der Waals surface area contributed by atoms with Crippen LogP contribution in [0.1, 0.15) is 93.0 Å². The Balaban J connectivity index is 0.000000171. The van der Waals surface area contributed by atoms with Crippen molar-refractivity contribution in [2.75, 3.05) is 23.8 Å². The Morgan fingerprint density at radius 1 is 0.431 bits per heavy atom. The summed E-state index contributed by atoms with van der Waals surface area (Å²) in [5.41, 5.74) is 29.7. The molecule has 3 heterocycles. The summed E-state index contributed by atoms with van der Waals surface area (Å²) in [4.78, 5) is 116. The average Bonchev–Trinajstić information content (AvgIpc) is 1.72. The Morgan fingerprint density at radius 3 is 1.30 bits per heavy atom. The molecule has 0 saturated heterocycles. The van der Waals surface area contributed by atoms with Gasteiger partial charge in [-0.15, -0.1) is 0 Å². The summed E-state index contributed by atoms with van der Waals surface area (Å²) in [5, 5.41) is 21.0.